The number of fused-ring (bicyclic) bond motifs is 9. The minimum atomic E-state index is 1.09. The Hall–Kier alpha value is -6.51. The second-order valence-corrected chi connectivity index (χ2v) is 12.7. The van der Waals surface area contributed by atoms with Gasteiger partial charge in [-0.2, -0.15) is 5.10 Å². The Bertz CT molecular complexity index is 2810. The molecule has 0 saturated carbocycles. The Morgan fingerprint density at radius 3 is 1.43 bits per heavy atom. The fourth-order valence-electron chi connectivity index (χ4n) is 7.82. The maximum absolute atomic E-state index is 5.06. The van der Waals surface area contributed by atoms with Crippen LogP contribution >= 0.6 is 0 Å². The summed E-state index contributed by atoms with van der Waals surface area (Å²) in [5, 5.41) is 15.2. The van der Waals surface area contributed by atoms with Crippen molar-refractivity contribution < 1.29 is 0 Å². The molecule has 2 heterocycles. The van der Waals surface area contributed by atoms with Gasteiger partial charge < -0.3 is 0 Å². The maximum atomic E-state index is 5.06. The molecule has 0 N–H and O–H groups in total. The van der Waals surface area contributed by atoms with Gasteiger partial charge in [0.05, 0.1) is 17.4 Å². The zero-order valence-corrected chi connectivity index (χ0v) is 26.7. The summed E-state index contributed by atoms with van der Waals surface area (Å²) in [6.07, 6.45) is 2.02. The van der Waals surface area contributed by atoms with Crippen LogP contribution in [0.15, 0.2) is 182 Å². The molecule has 228 valence electrons. The van der Waals surface area contributed by atoms with Crippen molar-refractivity contribution in [3.05, 3.63) is 182 Å². The number of hydrogen-bond acceptors (Lipinski definition) is 1. The van der Waals surface area contributed by atoms with Crippen LogP contribution in [0.4, 0.5) is 0 Å². The highest BCUT2D eigenvalue weighted by molar-refractivity contribution is 6.25. The molecule has 0 amide bonds. The van der Waals surface area contributed by atoms with Gasteiger partial charge in [-0.05, 0) is 66.0 Å². The summed E-state index contributed by atoms with van der Waals surface area (Å²) in [6.45, 7) is 0. The Kier molecular flexibility index (Phi) is 6.22. The molecule has 0 aliphatic rings. The van der Waals surface area contributed by atoms with E-state index in [2.05, 4.69) is 180 Å². The van der Waals surface area contributed by atoms with E-state index in [-0.39, 0.29) is 0 Å². The summed E-state index contributed by atoms with van der Waals surface area (Å²) < 4.78 is 2.15. The first-order valence-electron chi connectivity index (χ1n) is 16.8. The molecule has 10 rings (SSSR count). The zero-order valence-electron chi connectivity index (χ0n) is 26.7. The lowest BCUT2D eigenvalue weighted by Gasteiger charge is -2.18. The van der Waals surface area contributed by atoms with Crippen molar-refractivity contribution in [3.8, 4) is 44.6 Å². The Morgan fingerprint density at radius 2 is 0.796 bits per heavy atom. The Labute approximate surface area is 284 Å². The number of rotatable bonds is 4. The molecule has 8 aromatic carbocycles. The molecule has 0 saturated heterocycles. The summed E-state index contributed by atoms with van der Waals surface area (Å²) in [7, 11) is 0. The topological polar surface area (TPSA) is 17.3 Å². The van der Waals surface area contributed by atoms with E-state index in [1.54, 1.807) is 0 Å². The van der Waals surface area contributed by atoms with Gasteiger partial charge >= 0.3 is 0 Å². The number of nitrogens with zero attached hydrogens (tertiary/aromatic N) is 2. The maximum Gasteiger partial charge on any atom is 0.0826 e. The molecular weight excluding hydrogens is 593 g/mol. The monoisotopic (exact) mass is 622 g/mol. The summed E-state index contributed by atoms with van der Waals surface area (Å²) in [5.74, 6) is 0. The lowest BCUT2D eigenvalue weighted by atomic mass is 9.90. The van der Waals surface area contributed by atoms with Gasteiger partial charge in [-0.25, -0.2) is 4.52 Å². The smallest absolute Gasteiger partial charge is 0.0826 e. The fourth-order valence-corrected chi connectivity index (χ4v) is 7.82. The quantitative estimate of drug-likeness (QED) is 0.179. The van der Waals surface area contributed by atoms with Gasteiger partial charge in [-0.1, -0.05) is 170 Å². The average Bonchev–Trinajstić information content (AvgIpc) is 3.63. The van der Waals surface area contributed by atoms with E-state index in [0.29, 0.717) is 0 Å². The number of hydrogen-bond donors (Lipinski definition) is 0. The average molecular weight is 623 g/mol. The minimum Gasteiger partial charge on any atom is -0.231 e. The van der Waals surface area contributed by atoms with Crippen LogP contribution < -0.4 is 0 Å². The van der Waals surface area contributed by atoms with Gasteiger partial charge in [0.15, 0.2) is 0 Å². The molecule has 0 spiro atoms. The van der Waals surface area contributed by atoms with E-state index in [1.807, 2.05) is 6.20 Å². The van der Waals surface area contributed by atoms with Crippen molar-refractivity contribution in [3.63, 3.8) is 0 Å². The number of aromatic nitrogens is 2. The second kappa shape index (κ2) is 11.0. The molecule has 2 nitrogen and oxygen atoms in total. The summed E-state index contributed by atoms with van der Waals surface area (Å²) in [4.78, 5) is 0. The van der Waals surface area contributed by atoms with Crippen LogP contribution in [-0.4, -0.2) is 9.61 Å². The van der Waals surface area contributed by atoms with E-state index in [4.69, 9.17) is 5.10 Å². The first kappa shape index (κ1) is 27.6. The second-order valence-electron chi connectivity index (χ2n) is 12.7. The van der Waals surface area contributed by atoms with Crippen molar-refractivity contribution in [1.82, 2.24) is 9.61 Å². The van der Waals surface area contributed by atoms with Crippen molar-refractivity contribution in [2.45, 2.75) is 0 Å². The van der Waals surface area contributed by atoms with E-state index >= 15 is 0 Å². The Morgan fingerprint density at radius 1 is 0.327 bits per heavy atom. The lowest BCUT2D eigenvalue weighted by Crippen LogP contribution is -2.00. The summed E-state index contributed by atoms with van der Waals surface area (Å²) in [6, 6.07) is 63.6. The molecule has 0 unspecified atom stereocenters. The van der Waals surface area contributed by atoms with Crippen LogP contribution in [-0.2, 0) is 0 Å². The highest BCUT2D eigenvalue weighted by atomic mass is 15.2. The van der Waals surface area contributed by atoms with Crippen LogP contribution in [0.25, 0.3) is 93.2 Å². The van der Waals surface area contributed by atoms with Crippen LogP contribution in [0.3, 0.4) is 0 Å². The van der Waals surface area contributed by atoms with E-state index in [9.17, 15) is 0 Å². The van der Waals surface area contributed by atoms with Crippen molar-refractivity contribution in [2.24, 2.45) is 0 Å². The van der Waals surface area contributed by atoms with Crippen molar-refractivity contribution in [2.75, 3.05) is 0 Å². The molecule has 0 atom stereocenters. The summed E-state index contributed by atoms with van der Waals surface area (Å²) >= 11 is 0. The highest BCUT2D eigenvalue weighted by Gasteiger charge is 2.21. The van der Waals surface area contributed by atoms with Gasteiger partial charge in [-0.3, -0.25) is 0 Å². The fraction of sp³-hybridized carbons (Fsp3) is 0. The molecule has 0 aliphatic heterocycles. The van der Waals surface area contributed by atoms with Gasteiger partial charge in [0.25, 0.3) is 0 Å². The van der Waals surface area contributed by atoms with E-state index < -0.39 is 0 Å². The highest BCUT2D eigenvalue weighted by Crippen LogP contribution is 2.43. The minimum absolute atomic E-state index is 1.09. The standard InChI is InChI=1S/C47H30N2/c1-3-13-32(14-4-1)44-30-48-49-46(34-15-5-2-6-16-34)45(41-21-11-12-22-42(41)47(44)49)33-25-23-31(24-26-33)35-27-28-40-38-19-8-7-17-36(38)37-18-9-10-20-39(37)43(40)29-35/h1-30H. The SMILES string of the molecule is c1ccc(-c2cnn3c(-c4ccccc4)c(-c4ccc(-c5ccc6c7ccccc7c7ccccc7c6c5)cc4)c4ccccc4c23)cc1. The molecule has 0 fully saturated rings. The lowest BCUT2D eigenvalue weighted by molar-refractivity contribution is 0.976. The van der Waals surface area contributed by atoms with Crippen molar-refractivity contribution >= 4 is 48.6 Å². The number of pyridine rings is 1. The van der Waals surface area contributed by atoms with Gasteiger partial charge in [-0.15, -0.1) is 0 Å². The molecule has 2 heteroatoms. The van der Waals surface area contributed by atoms with Crippen molar-refractivity contribution in [1.29, 1.82) is 0 Å². The molecule has 49 heavy (non-hydrogen) atoms. The van der Waals surface area contributed by atoms with E-state index in [1.165, 1.54) is 59.8 Å². The zero-order chi connectivity index (χ0) is 32.3. The molecule has 2 aromatic heterocycles. The molecule has 0 bridgehead atoms. The third kappa shape index (κ3) is 4.31. The largest absolute Gasteiger partial charge is 0.231 e. The first-order chi connectivity index (χ1) is 24.3. The van der Waals surface area contributed by atoms with Crippen LogP contribution in [0.5, 0.6) is 0 Å². The van der Waals surface area contributed by atoms with Gasteiger partial charge in [0.1, 0.15) is 0 Å². The normalized spacial score (nSPS) is 11.7. The Balaban J connectivity index is 1.18. The van der Waals surface area contributed by atoms with Gasteiger partial charge in [0.2, 0.25) is 0 Å². The predicted octanol–water partition coefficient (Wildman–Crippen LogP) is 12.6. The predicted molar refractivity (Wildman–Crippen MR) is 207 cm³/mol. The molecular formula is C47H30N2. The van der Waals surface area contributed by atoms with Gasteiger partial charge in [0, 0.05) is 22.1 Å². The third-order valence-corrected chi connectivity index (χ3v) is 10.1. The summed E-state index contributed by atoms with van der Waals surface area (Å²) in [5.41, 5.74) is 10.4. The van der Waals surface area contributed by atoms with Crippen LogP contribution in [0, 0.1) is 0 Å². The van der Waals surface area contributed by atoms with Crippen LogP contribution in [0.2, 0.25) is 0 Å². The first-order valence-corrected chi connectivity index (χ1v) is 16.8. The van der Waals surface area contributed by atoms with E-state index in [0.717, 1.165) is 33.5 Å². The molecule has 0 aliphatic carbocycles. The van der Waals surface area contributed by atoms with Crippen LogP contribution in [0.1, 0.15) is 0 Å². The number of benzene rings is 8. The molecule has 10 aromatic rings. The molecule has 0 radical (unpaired) electrons. The third-order valence-electron chi connectivity index (χ3n) is 10.1.